The number of aromatic nitrogens is 1. The highest BCUT2D eigenvalue weighted by Crippen LogP contribution is 1.99. The summed E-state index contributed by atoms with van der Waals surface area (Å²) in [6.45, 7) is 0. The summed E-state index contributed by atoms with van der Waals surface area (Å²) in [5, 5.41) is 18.7. The summed E-state index contributed by atoms with van der Waals surface area (Å²) in [6.07, 6.45) is 1.11. The fraction of sp³-hybridized carbons (Fsp3) is 0. The van der Waals surface area contributed by atoms with Gasteiger partial charge in [0.25, 0.3) is 0 Å². The molecular formula is C7H9N3O4. The van der Waals surface area contributed by atoms with Crippen molar-refractivity contribution in [1.82, 2.24) is 4.98 Å². The number of nitrogens with zero attached hydrogens (tertiary/aromatic N) is 1. The molecule has 14 heavy (non-hydrogen) atoms. The predicted molar refractivity (Wildman–Crippen MR) is 42.6 cm³/mol. The second-order valence-electron chi connectivity index (χ2n) is 2.02. The van der Waals surface area contributed by atoms with Crippen LogP contribution in [0.4, 0.5) is 0 Å². The SMILES string of the molecule is N[NH3+].O=C([O-])c1ccnc(C(=O)O)c1. The maximum atomic E-state index is 10.3. The number of rotatable bonds is 2. The molecule has 0 aliphatic rings. The molecule has 0 saturated carbocycles. The van der Waals surface area contributed by atoms with Gasteiger partial charge in [-0.3, -0.25) is 5.84 Å². The highest BCUT2D eigenvalue weighted by molar-refractivity contribution is 5.91. The van der Waals surface area contributed by atoms with Crippen LogP contribution in [0.2, 0.25) is 0 Å². The van der Waals surface area contributed by atoms with Crippen LogP contribution in [0.15, 0.2) is 18.3 Å². The monoisotopic (exact) mass is 199 g/mol. The second-order valence-corrected chi connectivity index (χ2v) is 2.02. The zero-order valence-electron chi connectivity index (χ0n) is 7.14. The number of aromatic carboxylic acids is 2. The van der Waals surface area contributed by atoms with E-state index in [9.17, 15) is 14.7 Å². The van der Waals surface area contributed by atoms with E-state index in [1.807, 2.05) is 0 Å². The summed E-state index contributed by atoms with van der Waals surface area (Å²) in [5.74, 6) is 4.32. The second kappa shape index (κ2) is 5.62. The van der Waals surface area contributed by atoms with Crippen LogP contribution in [-0.4, -0.2) is 22.0 Å². The summed E-state index contributed by atoms with van der Waals surface area (Å²) < 4.78 is 0. The van der Waals surface area contributed by atoms with Crippen LogP contribution in [-0.2, 0) is 0 Å². The average molecular weight is 199 g/mol. The van der Waals surface area contributed by atoms with E-state index < -0.39 is 11.9 Å². The minimum absolute atomic E-state index is 0.192. The summed E-state index contributed by atoms with van der Waals surface area (Å²) in [7, 11) is 0. The van der Waals surface area contributed by atoms with Gasteiger partial charge in [0.15, 0.2) is 0 Å². The Kier molecular flexibility index (Phi) is 4.82. The quantitative estimate of drug-likeness (QED) is 0.347. The van der Waals surface area contributed by atoms with Gasteiger partial charge in [-0.25, -0.2) is 9.78 Å². The van der Waals surface area contributed by atoms with Gasteiger partial charge in [0, 0.05) is 11.8 Å². The minimum Gasteiger partial charge on any atom is -0.545 e. The average Bonchev–Trinajstić information content (AvgIpc) is 2.21. The van der Waals surface area contributed by atoms with Crippen molar-refractivity contribution < 1.29 is 25.6 Å². The molecule has 1 aromatic rings. The summed E-state index contributed by atoms with van der Waals surface area (Å²) in [4.78, 5) is 24.0. The summed E-state index contributed by atoms with van der Waals surface area (Å²) in [5.41, 5.74) is -0.501. The van der Waals surface area contributed by atoms with Gasteiger partial charge in [-0.2, -0.15) is 5.84 Å². The first-order valence-electron chi connectivity index (χ1n) is 3.43. The largest absolute Gasteiger partial charge is 0.545 e. The maximum absolute atomic E-state index is 10.3. The van der Waals surface area contributed by atoms with E-state index >= 15 is 0 Å². The molecule has 76 valence electrons. The molecule has 0 aromatic carbocycles. The van der Waals surface area contributed by atoms with E-state index in [1.165, 1.54) is 6.07 Å². The first-order chi connectivity index (χ1) is 6.61. The fourth-order valence-corrected chi connectivity index (χ4v) is 0.674. The van der Waals surface area contributed by atoms with E-state index in [0.29, 0.717) is 0 Å². The van der Waals surface area contributed by atoms with Gasteiger partial charge in [0.05, 0.1) is 5.97 Å². The van der Waals surface area contributed by atoms with Crippen LogP contribution in [0, 0.1) is 0 Å². The first kappa shape index (κ1) is 12.0. The van der Waals surface area contributed by atoms with Gasteiger partial charge in [0.1, 0.15) is 5.69 Å². The Bertz CT molecular complexity index is 310. The van der Waals surface area contributed by atoms with E-state index in [2.05, 4.69) is 16.7 Å². The van der Waals surface area contributed by atoms with Crippen molar-refractivity contribution in [2.45, 2.75) is 0 Å². The highest BCUT2D eigenvalue weighted by Gasteiger charge is 2.04. The van der Waals surface area contributed by atoms with Crippen molar-refractivity contribution in [1.29, 1.82) is 0 Å². The fourth-order valence-electron chi connectivity index (χ4n) is 0.674. The number of quaternary nitrogens is 1. The number of nitrogens with two attached hydrogens (primary N) is 1. The van der Waals surface area contributed by atoms with Crippen molar-refractivity contribution in [3.05, 3.63) is 29.6 Å². The molecule has 0 spiro atoms. The molecule has 6 N–H and O–H groups in total. The number of carboxylic acid groups (broad SMARTS) is 2. The van der Waals surface area contributed by atoms with E-state index in [0.717, 1.165) is 12.3 Å². The molecule has 0 saturated heterocycles. The van der Waals surface area contributed by atoms with Crippen LogP contribution >= 0.6 is 0 Å². The predicted octanol–water partition coefficient (Wildman–Crippen LogP) is -2.75. The van der Waals surface area contributed by atoms with Crippen molar-refractivity contribution >= 4 is 11.9 Å². The van der Waals surface area contributed by atoms with Crippen LogP contribution in [0.5, 0.6) is 0 Å². The third-order valence-corrected chi connectivity index (χ3v) is 1.21. The molecule has 1 rings (SSSR count). The Labute approximate surface area is 78.9 Å². The lowest BCUT2D eigenvalue weighted by atomic mass is 10.2. The Morgan fingerprint density at radius 3 is 2.50 bits per heavy atom. The maximum Gasteiger partial charge on any atom is 0.354 e. The number of hydrogen-bond donors (Lipinski definition) is 3. The molecule has 0 aliphatic carbocycles. The van der Waals surface area contributed by atoms with Crippen molar-refractivity contribution in [3.63, 3.8) is 0 Å². The number of pyridine rings is 1. The highest BCUT2D eigenvalue weighted by atomic mass is 16.4. The zero-order chi connectivity index (χ0) is 11.1. The van der Waals surface area contributed by atoms with Gasteiger partial charge in [-0.05, 0) is 12.1 Å². The van der Waals surface area contributed by atoms with E-state index in [-0.39, 0.29) is 11.3 Å². The zero-order valence-corrected chi connectivity index (χ0v) is 7.14. The third-order valence-electron chi connectivity index (χ3n) is 1.21. The molecule has 0 radical (unpaired) electrons. The molecule has 1 heterocycles. The molecule has 7 nitrogen and oxygen atoms in total. The van der Waals surface area contributed by atoms with E-state index in [4.69, 9.17) is 5.11 Å². The van der Waals surface area contributed by atoms with Crippen LogP contribution in [0.25, 0.3) is 0 Å². The Morgan fingerprint density at radius 1 is 1.50 bits per heavy atom. The van der Waals surface area contributed by atoms with Crippen molar-refractivity contribution in [2.75, 3.05) is 0 Å². The molecule has 0 aliphatic heterocycles. The minimum atomic E-state index is -1.42. The Morgan fingerprint density at radius 2 is 2.07 bits per heavy atom. The van der Waals surface area contributed by atoms with Gasteiger partial charge >= 0.3 is 5.97 Å². The number of carbonyl (C=O) groups excluding carboxylic acids is 1. The molecular weight excluding hydrogens is 190 g/mol. The lowest BCUT2D eigenvalue weighted by Gasteiger charge is -2.01. The van der Waals surface area contributed by atoms with Gasteiger partial charge < -0.3 is 15.0 Å². The molecule has 1 aromatic heterocycles. The molecule has 0 bridgehead atoms. The van der Waals surface area contributed by atoms with Gasteiger partial charge in [0.2, 0.25) is 0 Å². The lowest BCUT2D eigenvalue weighted by Crippen LogP contribution is -2.59. The van der Waals surface area contributed by atoms with Crippen LogP contribution in [0.1, 0.15) is 20.8 Å². The van der Waals surface area contributed by atoms with E-state index in [1.54, 1.807) is 0 Å². The number of hydrogen-bond acceptors (Lipinski definition) is 5. The third kappa shape index (κ3) is 3.17. The lowest BCUT2D eigenvalue weighted by molar-refractivity contribution is -0.379. The molecule has 7 heteroatoms. The standard InChI is InChI=1S/C7H5NO4.H4N2/c9-6(10)4-1-2-8-5(3-4)7(11)12;1-2/h1-3H,(H,9,10)(H,11,12);1-2H2. The number of carbonyl (C=O) groups is 2. The van der Waals surface area contributed by atoms with Crippen molar-refractivity contribution in [3.8, 4) is 0 Å². The summed E-state index contributed by atoms with van der Waals surface area (Å²) >= 11 is 0. The smallest absolute Gasteiger partial charge is 0.354 e. The number of carboxylic acids is 2. The molecule has 0 unspecified atom stereocenters. The summed E-state index contributed by atoms with van der Waals surface area (Å²) in [6, 6.07) is 2.11. The molecule has 0 fully saturated rings. The van der Waals surface area contributed by atoms with Gasteiger partial charge in [-0.15, -0.1) is 0 Å². The van der Waals surface area contributed by atoms with Gasteiger partial charge in [-0.1, -0.05) is 0 Å². The normalized spacial score (nSPS) is 8.43. The first-order valence-corrected chi connectivity index (χ1v) is 3.43. The Balaban J connectivity index is 0.000000791. The molecule has 0 atom stereocenters. The Hall–Kier alpha value is -1.99. The van der Waals surface area contributed by atoms with Crippen molar-refractivity contribution in [2.24, 2.45) is 5.84 Å². The van der Waals surface area contributed by atoms with Crippen LogP contribution in [0.3, 0.4) is 0 Å². The van der Waals surface area contributed by atoms with Crippen LogP contribution < -0.4 is 16.8 Å². The molecule has 0 amide bonds. The topological polar surface area (TPSA) is 144 Å².